The summed E-state index contributed by atoms with van der Waals surface area (Å²) in [5, 5.41) is 0. The van der Waals surface area contributed by atoms with E-state index in [0.717, 1.165) is 30.7 Å². The van der Waals surface area contributed by atoms with Crippen LogP contribution in [0.15, 0.2) is 12.2 Å². The lowest BCUT2D eigenvalue weighted by Gasteiger charge is -2.10. The molecule has 0 spiro atoms. The number of hydrogen-bond acceptors (Lipinski definition) is 2. The third-order valence-electron chi connectivity index (χ3n) is 2.44. The van der Waals surface area contributed by atoms with Crippen molar-refractivity contribution in [3.8, 4) is 0 Å². The highest BCUT2D eigenvalue weighted by Gasteiger charge is 2.19. The average Bonchev–Trinajstić information content (AvgIpc) is 2.36. The molecule has 0 aromatic rings. The van der Waals surface area contributed by atoms with Crippen LogP contribution in [0.2, 0.25) is 0 Å². The van der Waals surface area contributed by atoms with Gasteiger partial charge < -0.3 is 9.69 Å². The lowest BCUT2D eigenvalue weighted by atomic mass is 9.98. The molecule has 68 valence electrons. The van der Waals surface area contributed by atoms with Crippen molar-refractivity contribution in [2.75, 3.05) is 20.1 Å². The minimum atomic E-state index is 0.542. The first-order valence-corrected chi connectivity index (χ1v) is 4.51. The topological polar surface area (TPSA) is 20.3 Å². The first-order chi connectivity index (χ1) is 5.72. The molecule has 2 heteroatoms. The molecule has 1 aliphatic rings. The zero-order chi connectivity index (χ0) is 8.97. The largest absolute Gasteiger partial charge is 0.306 e. The number of aldehydes is 1. The van der Waals surface area contributed by atoms with Crippen molar-refractivity contribution in [3.05, 3.63) is 12.2 Å². The van der Waals surface area contributed by atoms with Crippen LogP contribution in [0, 0.1) is 5.92 Å². The molecule has 12 heavy (non-hydrogen) atoms. The van der Waals surface area contributed by atoms with Crippen LogP contribution in [-0.2, 0) is 4.79 Å². The van der Waals surface area contributed by atoms with Gasteiger partial charge in [0, 0.05) is 13.0 Å². The summed E-state index contributed by atoms with van der Waals surface area (Å²) in [5.74, 6) is 0.738. The van der Waals surface area contributed by atoms with Crippen LogP contribution in [0.4, 0.5) is 0 Å². The molecule has 0 bridgehead atoms. The van der Waals surface area contributed by atoms with Gasteiger partial charge in [-0.2, -0.15) is 0 Å². The van der Waals surface area contributed by atoms with E-state index in [-0.39, 0.29) is 0 Å². The maximum absolute atomic E-state index is 10.2. The molecule has 1 heterocycles. The minimum absolute atomic E-state index is 0.542. The fourth-order valence-corrected chi connectivity index (χ4v) is 1.80. The molecule has 0 aromatic heterocycles. The fraction of sp³-hybridized carbons (Fsp3) is 0.700. The van der Waals surface area contributed by atoms with E-state index in [2.05, 4.69) is 18.5 Å². The number of likely N-dealkylation sites (tertiary alicyclic amines) is 1. The van der Waals surface area contributed by atoms with Crippen LogP contribution in [0.1, 0.15) is 19.3 Å². The predicted molar refractivity (Wildman–Crippen MR) is 50.0 cm³/mol. The predicted octanol–water partition coefficient (Wildman–Crippen LogP) is 1.47. The highest BCUT2D eigenvalue weighted by atomic mass is 16.1. The lowest BCUT2D eigenvalue weighted by molar-refractivity contribution is -0.107. The summed E-state index contributed by atoms with van der Waals surface area (Å²) < 4.78 is 0. The van der Waals surface area contributed by atoms with Gasteiger partial charge >= 0.3 is 0 Å². The Morgan fingerprint density at radius 2 is 2.50 bits per heavy atom. The number of carbonyl (C=O) groups is 1. The molecule has 0 N–H and O–H groups in total. The zero-order valence-electron chi connectivity index (χ0n) is 7.75. The molecular formula is C10H17NO. The Morgan fingerprint density at radius 1 is 1.75 bits per heavy atom. The van der Waals surface area contributed by atoms with Crippen molar-refractivity contribution in [2.24, 2.45) is 5.92 Å². The Morgan fingerprint density at radius 3 is 3.00 bits per heavy atom. The van der Waals surface area contributed by atoms with Crippen LogP contribution < -0.4 is 0 Å². The van der Waals surface area contributed by atoms with E-state index in [4.69, 9.17) is 0 Å². The van der Waals surface area contributed by atoms with Crippen LogP contribution in [0.25, 0.3) is 0 Å². The molecule has 1 unspecified atom stereocenters. The van der Waals surface area contributed by atoms with Crippen LogP contribution in [-0.4, -0.2) is 31.3 Å². The standard InChI is InChI=1S/C10H17NO/c1-9(4-6-12)7-10-3-5-11(2)8-10/h6,10H,1,3-5,7-8H2,2H3. The molecular weight excluding hydrogens is 150 g/mol. The summed E-state index contributed by atoms with van der Waals surface area (Å²) in [6, 6.07) is 0. The van der Waals surface area contributed by atoms with Gasteiger partial charge in [0.25, 0.3) is 0 Å². The normalized spacial score (nSPS) is 24.2. The van der Waals surface area contributed by atoms with Gasteiger partial charge in [0.1, 0.15) is 6.29 Å². The molecule has 0 saturated carbocycles. The molecule has 1 rings (SSSR count). The summed E-state index contributed by atoms with van der Waals surface area (Å²) in [7, 11) is 2.14. The third kappa shape index (κ3) is 2.78. The van der Waals surface area contributed by atoms with E-state index in [9.17, 15) is 4.79 Å². The molecule has 0 radical (unpaired) electrons. The van der Waals surface area contributed by atoms with Crippen molar-refractivity contribution < 1.29 is 4.79 Å². The summed E-state index contributed by atoms with van der Waals surface area (Å²) >= 11 is 0. The van der Waals surface area contributed by atoms with Gasteiger partial charge in [0.15, 0.2) is 0 Å². The SMILES string of the molecule is C=C(CC=O)CC1CCN(C)C1. The van der Waals surface area contributed by atoms with Gasteiger partial charge in [-0.3, -0.25) is 0 Å². The third-order valence-corrected chi connectivity index (χ3v) is 2.44. The number of hydrogen-bond donors (Lipinski definition) is 0. The van der Waals surface area contributed by atoms with Gasteiger partial charge in [0.05, 0.1) is 0 Å². The van der Waals surface area contributed by atoms with Gasteiger partial charge in [-0.25, -0.2) is 0 Å². The van der Waals surface area contributed by atoms with E-state index in [1.54, 1.807) is 0 Å². The van der Waals surface area contributed by atoms with Crippen LogP contribution >= 0.6 is 0 Å². The fourth-order valence-electron chi connectivity index (χ4n) is 1.80. The Hall–Kier alpha value is -0.630. The molecule has 1 saturated heterocycles. The summed E-state index contributed by atoms with van der Waals surface area (Å²) in [6.07, 6.45) is 3.78. The number of allylic oxidation sites excluding steroid dienone is 1. The van der Waals surface area contributed by atoms with Gasteiger partial charge in [-0.15, -0.1) is 0 Å². The molecule has 1 fully saturated rings. The molecule has 1 aliphatic heterocycles. The van der Waals surface area contributed by atoms with E-state index >= 15 is 0 Å². The second kappa shape index (κ2) is 4.41. The van der Waals surface area contributed by atoms with Crippen molar-refractivity contribution in [1.82, 2.24) is 4.90 Å². The Balaban J connectivity index is 2.22. The van der Waals surface area contributed by atoms with E-state index in [1.165, 1.54) is 13.0 Å². The van der Waals surface area contributed by atoms with Gasteiger partial charge in [-0.05, 0) is 32.4 Å². The monoisotopic (exact) mass is 167 g/mol. The minimum Gasteiger partial charge on any atom is -0.306 e. The van der Waals surface area contributed by atoms with Crippen LogP contribution in [0.3, 0.4) is 0 Å². The van der Waals surface area contributed by atoms with Crippen LogP contribution in [0.5, 0.6) is 0 Å². The van der Waals surface area contributed by atoms with Crippen molar-refractivity contribution in [1.29, 1.82) is 0 Å². The Bertz CT molecular complexity index is 177. The van der Waals surface area contributed by atoms with E-state index < -0.39 is 0 Å². The van der Waals surface area contributed by atoms with Crippen molar-refractivity contribution in [3.63, 3.8) is 0 Å². The Kier molecular flexibility index (Phi) is 3.48. The number of nitrogens with zero attached hydrogens (tertiary/aromatic N) is 1. The molecule has 1 atom stereocenters. The maximum Gasteiger partial charge on any atom is 0.124 e. The molecule has 0 aromatic carbocycles. The number of rotatable bonds is 4. The lowest BCUT2D eigenvalue weighted by Crippen LogP contribution is -2.14. The second-order valence-electron chi connectivity index (χ2n) is 3.74. The first-order valence-electron chi connectivity index (χ1n) is 4.51. The highest BCUT2D eigenvalue weighted by Crippen LogP contribution is 2.22. The van der Waals surface area contributed by atoms with Crippen molar-refractivity contribution >= 4 is 6.29 Å². The summed E-state index contributed by atoms with van der Waals surface area (Å²) in [5.41, 5.74) is 1.09. The summed E-state index contributed by atoms with van der Waals surface area (Å²) in [4.78, 5) is 12.5. The van der Waals surface area contributed by atoms with Crippen molar-refractivity contribution in [2.45, 2.75) is 19.3 Å². The molecule has 0 aliphatic carbocycles. The Labute approximate surface area is 74.2 Å². The second-order valence-corrected chi connectivity index (χ2v) is 3.74. The van der Waals surface area contributed by atoms with Gasteiger partial charge in [0.2, 0.25) is 0 Å². The maximum atomic E-state index is 10.2. The quantitative estimate of drug-likeness (QED) is 0.467. The number of carbonyl (C=O) groups excluding carboxylic acids is 1. The van der Waals surface area contributed by atoms with E-state index in [1.807, 2.05) is 0 Å². The zero-order valence-corrected chi connectivity index (χ0v) is 7.75. The molecule has 2 nitrogen and oxygen atoms in total. The highest BCUT2D eigenvalue weighted by molar-refractivity contribution is 5.53. The first kappa shape index (κ1) is 9.46. The smallest absolute Gasteiger partial charge is 0.124 e. The van der Waals surface area contributed by atoms with E-state index in [0.29, 0.717) is 6.42 Å². The molecule has 0 amide bonds. The summed E-state index contributed by atoms with van der Waals surface area (Å²) in [6.45, 7) is 6.24. The average molecular weight is 167 g/mol. The van der Waals surface area contributed by atoms with Gasteiger partial charge in [-0.1, -0.05) is 12.2 Å².